The highest BCUT2D eigenvalue weighted by molar-refractivity contribution is 5.92. The summed E-state index contributed by atoms with van der Waals surface area (Å²) in [6.07, 6.45) is 0.144. The maximum absolute atomic E-state index is 12.8. The largest absolute Gasteiger partial charge is 0.498 e. The summed E-state index contributed by atoms with van der Waals surface area (Å²) in [5.41, 5.74) is -2.83. The molecular weight excluding hydrogens is 274 g/mol. The summed E-state index contributed by atoms with van der Waals surface area (Å²) in [6, 6.07) is 0. The Morgan fingerprint density at radius 1 is 1.52 bits per heavy atom. The highest BCUT2D eigenvalue weighted by atomic mass is 16.4. The fourth-order valence-corrected chi connectivity index (χ4v) is 3.78. The Balaban J connectivity index is 3.74. The minimum atomic E-state index is -1.71. The molecule has 1 saturated heterocycles. The number of carboxylic acids is 1. The Labute approximate surface area is 124 Å². The van der Waals surface area contributed by atoms with Crippen molar-refractivity contribution in [1.29, 1.82) is 0 Å². The van der Waals surface area contributed by atoms with Crippen LogP contribution in [0.3, 0.4) is 0 Å². The number of carbonyl (C=O) groups is 3. The number of likely N-dealkylation sites (tertiary alicyclic amines) is 1. The van der Waals surface area contributed by atoms with Crippen LogP contribution in [0.5, 0.6) is 0 Å². The Bertz CT molecular complexity index is 493. The van der Waals surface area contributed by atoms with Crippen molar-refractivity contribution in [2.75, 3.05) is 0 Å². The summed E-state index contributed by atoms with van der Waals surface area (Å²) < 4.78 is -1.18. The zero-order valence-corrected chi connectivity index (χ0v) is 13.0. The average Bonchev–Trinajstić information content (AvgIpc) is 2.60. The lowest BCUT2D eigenvalue weighted by atomic mass is 9.84. The smallest absolute Gasteiger partial charge is 0.366 e. The molecule has 6 nitrogen and oxygen atoms in total. The average molecular weight is 297 g/mol. The van der Waals surface area contributed by atoms with Crippen LogP contribution < -0.4 is 5.11 Å². The van der Waals surface area contributed by atoms with Crippen LogP contribution in [-0.4, -0.2) is 38.6 Å². The van der Waals surface area contributed by atoms with Crippen LogP contribution in [0.4, 0.5) is 4.79 Å². The van der Waals surface area contributed by atoms with E-state index in [2.05, 4.69) is 6.58 Å². The highest BCUT2D eigenvalue weighted by Crippen LogP contribution is 2.50. The van der Waals surface area contributed by atoms with Crippen molar-refractivity contribution >= 4 is 18.0 Å². The summed E-state index contributed by atoms with van der Waals surface area (Å²) in [4.78, 5) is 36.7. The minimum absolute atomic E-state index is 0.0189. The molecule has 1 rings (SSSR count). The van der Waals surface area contributed by atoms with Crippen LogP contribution in [-0.2, 0) is 9.59 Å². The number of carbonyl (C=O) groups excluding carboxylic acids is 2. The van der Waals surface area contributed by atoms with Gasteiger partial charge in [-0.15, -0.1) is 6.58 Å². The molecule has 1 aliphatic rings. The SMILES string of the molecule is C=CC[C@@H]1C[C@@](CC)(C(=O)O)[N+](C(=O)[O-])(C(C)(C)C)C1=O. The first-order valence-electron chi connectivity index (χ1n) is 7.02. The number of amides is 2. The third-order valence-corrected chi connectivity index (χ3v) is 4.62. The van der Waals surface area contributed by atoms with E-state index in [1.165, 1.54) is 6.08 Å². The number of rotatable bonds is 4. The lowest BCUT2D eigenvalue weighted by Crippen LogP contribution is -2.78. The van der Waals surface area contributed by atoms with Gasteiger partial charge >= 0.3 is 11.9 Å². The van der Waals surface area contributed by atoms with Crippen molar-refractivity contribution in [2.45, 2.75) is 58.0 Å². The monoisotopic (exact) mass is 297 g/mol. The molecule has 0 aromatic rings. The van der Waals surface area contributed by atoms with Crippen molar-refractivity contribution in [3.63, 3.8) is 0 Å². The summed E-state index contributed by atoms with van der Waals surface area (Å²) in [5.74, 6) is -2.55. The van der Waals surface area contributed by atoms with E-state index >= 15 is 0 Å². The predicted molar refractivity (Wildman–Crippen MR) is 74.0 cm³/mol. The van der Waals surface area contributed by atoms with Crippen LogP contribution in [0, 0.1) is 5.92 Å². The van der Waals surface area contributed by atoms with Crippen molar-refractivity contribution < 1.29 is 29.1 Å². The molecule has 118 valence electrons. The van der Waals surface area contributed by atoms with Crippen molar-refractivity contribution in [3.05, 3.63) is 12.7 Å². The Morgan fingerprint density at radius 2 is 2.05 bits per heavy atom. The molecule has 3 atom stereocenters. The standard InChI is InChI=1S/C15H23NO5/c1-6-8-10-9-15(7-2,12(18)19)16(11(10)17,13(20)21)14(3,4)5/h6,10H,1,7-9H2,2-5H3,(H-,18,19,20,21)/t10-,15+,16?/m1/s1. The van der Waals surface area contributed by atoms with E-state index in [1.54, 1.807) is 27.7 Å². The van der Waals surface area contributed by atoms with Gasteiger partial charge in [0.25, 0.3) is 6.09 Å². The second-order valence-electron chi connectivity index (χ2n) is 6.56. The van der Waals surface area contributed by atoms with Gasteiger partial charge in [0, 0.05) is 12.8 Å². The number of allylic oxidation sites excluding steroid dienone is 1. The molecule has 1 unspecified atom stereocenters. The summed E-state index contributed by atoms with van der Waals surface area (Å²) >= 11 is 0. The molecule has 0 aromatic carbocycles. The Hall–Kier alpha value is -1.69. The zero-order valence-electron chi connectivity index (χ0n) is 13.0. The molecule has 6 heteroatoms. The number of imide groups is 1. The van der Waals surface area contributed by atoms with Gasteiger partial charge in [-0.3, -0.25) is 0 Å². The third-order valence-electron chi connectivity index (χ3n) is 4.62. The molecule has 0 radical (unpaired) electrons. The fraction of sp³-hybridized carbons (Fsp3) is 0.667. The van der Waals surface area contributed by atoms with Gasteiger partial charge in [0.05, 0.1) is 5.92 Å². The van der Waals surface area contributed by atoms with Crippen LogP contribution in [0.1, 0.15) is 47.0 Å². The van der Waals surface area contributed by atoms with Crippen LogP contribution in [0.15, 0.2) is 12.7 Å². The third kappa shape index (κ3) is 2.00. The van der Waals surface area contributed by atoms with E-state index in [1.807, 2.05) is 0 Å². The van der Waals surface area contributed by atoms with Gasteiger partial charge in [-0.05, 0) is 27.2 Å². The molecule has 0 spiro atoms. The summed E-state index contributed by atoms with van der Waals surface area (Å²) in [5, 5.41) is 21.7. The number of nitrogens with zero attached hydrogens (tertiary/aromatic N) is 1. The molecule has 1 fully saturated rings. The first-order chi connectivity index (χ1) is 9.52. The maximum Gasteiger partial charge on any atom is 0.366 e. The summed E-state index contributed by atoms with van der Waals surface area (Å²) in [6.45, 7) is 9.84. The first kappa shape index (κ1) is 17.4. The number of carboxylic acid groups (broad SMARTS) is 2. The van der Waals surface area contributed by atoms with Crippen molar-refractivity contribution in [2.24, 2.45) is 5.92 Å². The van der Waals surface area contributed by atoms with Gasteiger partial charge < -0.3 is 15.0 Å². The number of hydrogen-bond donors (Lipinski definition) is 1. The highest BCUT2D eigenvalue weighted by Gasteiger charge is 2.73. The number of aliphatic carboxylic acids is 1. The van der Waals surface area contributed by atoms with Gasteiger partial charge in [-0.1, -0.05) is 13.0 Å². The number of hydrogen-bond acceptors (Lipinski definition) is 4. The van der Waals surface area contributed by atoms with Crippen molar-refractivity contribution in [3.8, 4) is 0 Å². The molecule has 1 N–H and O–H groups in total. The molecule has 0 bridgehead atoms. The lowest BCUT2D eigenvalue weighted by Gasteiger charge is -2.51. The summed E-state index contributed by atoms with van der Waals surface area (Å²) in [7, 11) is 0. The molecule has 21 heavy (non-hydrogen) atoms. The first-order valence-corrected chi connectivity index (χ1v) is 7.02. The van der Waals surface area contributed by atoms with E-state index in [4.69, 9.17) is 0 Å². The van der Waals surface area contributed by atoms with Gasteiger partial charge in [-0.2, -0.15) is 4.48 Å². The van der Waals surface area contributed by atoms with Gasteiger partial charge in [0.2, 0.25) is 5.54 Å². The molecule has 2 amide bonds. The van der Waals surface area contributed by atoms with E-state index in [-0.39, 0.29) is 19.3 Å². The lowest BCUT2D eigenvalue weighted by molar-refractivity contribution is -0.883. The molecule has 1 heterocycles. The molecule has 0 aromatic heterocycles. The van der Waals surface area contributed by atoms with Crippen LogP contribution in [0.2, 0.25) is 0 Å². The molecule has 0 aliphatic carbocycles. The van der Waals surface area contributed by atoms with E-state index in [0.29, 0.717) is 0 Å². The van der Waals surface area contributed by atoms with E-state index < -0.39 is 39.4 Å². The zero-order chi connectivity index (χ0) is 16.6. The minimum Gasteiger partial charge on any atom is -0.498 e. The molecule has 0 saturated carbocycles. The predicted octanol–water partition coefficient (Wildman–Crippen LogP) is 1.30. The Kier molecular flexibility index (Phi) is 4.34. The van der Waals surface area contributed by atoms with Gasteiger partial charge in [-0.25, -0.2) is 9.59 Å². The normalized spacial score (nSPS) is 33.0. The Morgan fingerprint density at radius 3 is 2.29 bits per heavy atom. The second-order valence-corrected chi connectivity index (χ2v) is 6.56. The van der Waals surface area contributed by atoms with Gasteiger partial charge in [0.1, 0.15) is 5.54 Å². The quantitative estimate of drug-likeness (QED) is 0.623. The van der Waals surface area contributed by atoms with E-state index in [9.17, 15) is 24.6 Å². The fourth-order valence-electron chi connectivity index (χ4n) is 3.78. The van der Waals surface area contributed by atoms with Gasteiger partial charge in [0.15, 0.2) is 0 Å². The number of quaternary nitrogens is 1. The van der Waals surface area contributed by atoms with Crippen LogP contribution >= 0.6 is 0 Å². The maximum atomic E-state index is 12.8. The second kappa shape index (κ2) is 5.26. The van der Waals surface area contributed by atoms with Crippen molar-refractivity contribution in [1.82, 2.24) is 0 Å². The molecular formula is C15H23NO5. The van der Waals surface area contributed by atoms with E-state index in [0.717, 1.165) is 0 Å². The molecule has 1 aliphatic heterocycles. The topological polar surface area (TPSA) is 94.5 Å². The van der Waals surface area contributed by atoms with Crippen LogP contribution in [0.25, 0.3) is 0 Å².